The number of rotatable bonds is 8. The molecular formula is C25H23N2O4P. The summed E-state index contributed by atoms with van der Waals surface area (Å²) in [6.45, 7) is 1.75. The van der Waals surface area contributed by atoms with Crippen molar-refractivity contribution in [3.05, 3.63) is 115 Å². The molecule has 0 spiro atoms. The van der Waals surface area contributed by atoms with Crippen LogP contribution in [0.2, 0.25) is 0 Å². The fourth-order valence-corrected chi connectivity index (χ4v) is 5.13. The van der Waals surface area contributed by atoms with Crippen LogP contribution in [0.1, 0.15) is 12.5 Å². The summed E-state index contributed by atoms with van der Waals surface area (Å²) in [5, 5.41) is 11.7. The van der Waals surface area contributed by atoms with E-state index in [1.807, 2.05) is 18.2 Å². The van der Waals surface area contributed by atoms with E-state index in [9.17, 15) is 9.67 Å². The Morgan fingerprint density at radius 1 is 0.812 bits per heavy atom. The number of hydrogen-bond donors (Lipinski definition) is 2. The van der Waals surface area contributed by atoms with E-state index in [1.165, 1.54) is 0 Å². The van der Waals surface area contributed by atoms with Crippen LogP contribution in [0.15, 0.2) is 109 Å². The maximum absolute atomic E-state index is 14.7. The van der Waals surface area contributed by atoms with E-state index in [0.29, 0.717) is 22.7 Å². The number of aromatic nitrogens is 1. The van der Waals surface area contributed by atoms with Crippen molar-refractivity contribution >= 4 is 13.3 Å². The first-order valence-electron chi connectivity index (χ1n) is 10.1. The van der Waals surface area contributed by atoms with Gasteiger partial charge in [-0.05, 0) is 61.5 Å². The van der Waals surface area contributed by atoms with Gasteiger partial charge in [0.2, 0.25) is 0 Å². The van der Waals surface area contributed by atoms with Crippen LogP contribution in [0, 0.1) is 0 Å². The summed E-state index contributed by atoms with van der Waals surface area (Å²) in [6, 6.07) is 27.9. The van der Waals surface area contributed by atoms with Gasteiger partial charge >= 0.3 is 7.60 Å². The van der Waals surface area contributed by atoms with Crippen LogP contribution in [-0.4, -0.2) is 10.1 Å². The zero-order chi connectivity index (χ0) is 22.4. The summed E-state index contributed by atoms with van der Waals surface area (Å²) in [7, 11) is -4.00. The molecule has 0 bridgehead atoms. The molecule has 1 aromatic heterocycles. The topological polar surface area (TPSA) is 80.7 Å². The number of para-hydroxylation sites is 2. The molecule has 1 unspecified atom stereocenters. The maximum atomic E-state index is 14.7. The fourth-order valence-electron chi connectivity index (χ4n) is 3.22. The Morgan fingerprint density at radius 3 is 1.88 bits per heavy atom. The van der Waals surface area contributed by atoms with Gasteiger partial charge in [-0.3, -0.25) is 4.98 Å². The molecule has 1 heterocycles. The summed E-state index contributed by atoms with van der Waals surface area (Å²) in [6.07, 6.45) is 3.27. The molecule has 6 nitrogen and oxygen atoms in total. The van der Waals surface area contributed by atoms with Gasteiger partial charge in [0.15, 0.2) is 5.28 Å². The number of aromatic hydroxyl groups is 1. The normalized spacial score (nSPS) is 13.0. The molecule has 0 aliphatic rings. The molecule has 32 heavy (non-hydrogen) atoms. The summed E-state index contributed by atoms with van der Waals surface area (Å²) >= 11 is 0. The van der Waals surface area contributed by atoms with Crippen molar-refractivity contribution < 1.29 is 18.7 Å². The zero-order valence-corrected chi connectivity index (χ0v) is 18.4. The second-order valence-corrected chi connectivity index (χ2v) is 9.55. The third kappa shape index (κ3) is 4.61. The summed E-state index contributed by atoms with van der Waals surface area (Å²) < 4.78 is 26.9. The Labute approximate surface area is 187 Å². The zero-order valence-electron chi connectivity index (χ0n) is 17.5. The highest BCUT2D eigenvalue weighted by Crippen LogP contribution is 2.63. The molecule has 2 N–H and O–H groups in total. The number of pyridine rings is 1. The van der Waals surface area contributed by atoms with E-state index >= 15 is 0 Å². The summed E-state index contributed by atoms with van der Waals surface area (Å²) in [5.41, 5.74) is 1.24. The Bertz CT molecular complexity index is 1140. The lowest BCUT2D eigenvalue weighted by Crippen LogP contribution is -2.36. The van der Waals surface area contributed by atoms with Crippen molar-refractivity contribution in [1.29, 1.82) is 0 Å². The van der Waals surface area contributed by atoms with Crippen molar-refractivity contribution in [2.75, 3.05) is 5.32 Å². The van der Waals surface area contributed by atoms with Gasteiger partial charge in [-0.15, -0.1) is 0 Å². The SMILES string of the molecule is CC(Nc1ccc(O)cc1)(c1cccnc1)P(=O)(Oc1ccccc1)Oc1ccccc1. The quantitative estimate of drug-likeness (QED) is 0.240. The fraction of sp³-hybridized carbons (Fsp3) is 0.0800. The number of nitrogens with zero attached hydrogens (tertiary/aromatic N) is 1. The number of phenols is 1. The average molecular weight is 446 g/mol. The molecule has 0 saturated heterocycles. The maximum Gasteiger partial charge on any atom is 0.460 e. The second-order valence-electron chi connectivity index (χ2n) is 7.29. The molecule has 3 aromatic carbocycles. The molecule has 0 radical (unpaired) electrons. The smallest absolute Gasteiger partial charge is 0.460 e. The third-order valence-corrected chi connectivity index (χ3v) is 7.33. The van der Waals surface area contributed by atoms with Crippen LogP contribution in [0.5, 0.6) is 17.2 Å². The van der Waals surface area contributed by atoms with Crippen LogP contribution >= 0.6 is 7.60 Å². The molecule has 0 aliphatic carbocycles. The van der Waals surface area contributed by atoms with Gasteiger partial charge in [0.05, 0.1) is 0 Å². The number of nitrogens with one attached hydrogen (secondary N) is 1. The highest BCUT2D eigenvalue weighted by atomic mass is 31.2. The summed E-state index contributed by atoms with van der Waals surface area (Å²) in [5.74, 6) is 0.951. The van der Waals surface area contributed by atoms with Crippen LogP contribution in [0.25, 0.3) is 0 Å². The predicted molar refractivity (Wildman–Crippen MR) is 125 cm³/mol. The van der Waals surface area contributed by atoms with Crippen molar-refractivity contribution in [3.8, 4) is 17.2 Å². The second kappa shape index (κ2) is 9.16. The van der Waals surface area contributed by atoms with Crippen LogP contribution in [0.4, 0.5) is 5.69 Å². The molecule has 1 atom stereocenters. The molecule has 0 amide bonds. The molecule has 0 fully saturated rings. The number of hydrogen-bond acceptors (Lipinski definition) is 6. The van der Waals surface area contributed by atoms with E-state index in [2.05, 4.69) is 10.3 Å². The number of anilines is 1. The Kier molecular flexibility index (Phi) is 6.15. The number of benzene rings is 3. The lowest BCUT2D eigenvalue weighted by molar-refractivity contribution is 0.354. The molecule has 4 aromatic rings. The van der Waals surface area contributed by atoms with Gasteiger partial charge in [0, 0.05) is 23.6 Å². The van der Waals surface area contributed by atoms with Crippen LogP contribution in [-0.2, 0) is 9.85 Å². The van der Waals surface area contributed by atoms with E-state index in [4.69, 9.17) is 9.05 Å². The molecule has 0 saturated carbocycles. The molecule has 162 valence electrons. The van der Waals surface area contributed by atoms with Crippen molar-refractivity contribution in [2.24, 2.45) is 0 Å². The lowest BCUT2D eigenvalue weighted by atomic mass is 10.1. The van der Waals surface area contributed by atoms with E-state index in [1.54, 1.807) is 98.2 Å². The third-order valence-electron chi connectivity index (χ3n) is 4.96. The minimum atomic E-state index is -4.00. The molecule has 7 heteroatoms. The Hall–Kier alpha value is -3.76. The summed E-state index contributed by atoms with van der Waals surface area (Å²) in [4.78, 5) is 4.22. The average Bonchev–Trinajstić information content (AvgIpc) is 2.82. The predicted octanol–water partition coefficient (Wildman–Crippen LogP) is 6.42. The Morgan fingerprint density at radius 2 is 1.38 bits per heavy atom. The van der Waals surface area contributed by atoms with E-state index < -0.39 is 12.9 Å². The highest BCUT2D eigenvalue weighted by molar-refractivity contribution is 7.56. The first-order valence-corrected chi connectivity index (χ1v) is 11.6. The van der Waals surface area contributed by atoms with E-state index in [-0.39, 0.29) is 5.75 Å². The first-order chi connectivity index (χ1) is 15.5. The standard InChI is InChI=1S/C25H23N2O4P/c1-25(20-9-8-18-26-19-20,27-21-14-16-22(28)17-15-21)32(29,30-23-10-4-2-5-11-23)31-24-12-6-3-7-13-24/h2-19,27-28H,1H3. The van der Waals surface area contributed by atoms with Crippen molar-refractivity contribution in [2.45, 2.75) is 12.2 Å². The monoisotopic (exact) mass is 446 g/mol. The van der Waals surface area contributed by atoms with Gasteiger partial charge in [-0.1, -0.05) is 42.5 Å². The van der Waals surface area contributed by atoms with Gasteiger partial charge in [-0.2, -0.15) is 0 Å². The van der Waals surface area contributed by atoms with Gasteiger partial charge < -0.3 is 19.5 Å². The van der Waals surface area contributed by atoms with Crippen LogP contribution < -0.4 is 14.4 Å². The van der Waals surface area contributed by atoms with Gasteiger partial charge in [0.1, 0.15) is 17.2 Å². The Balaban J connectivity index is 1.85. The highest BCUT2D eigenvalue weighted by Gasteiger charge is 2.52. The van der Waals surface area contributed by atoms with Crippen molar-refractivity contribution in [1.82, 2.24) is 4.98 Å². The lowest BCUT2D eigenvalue weighted by Gasteiger charge is -2.37. The van der Waals surface area contributed by atoms with Gasteiger partial charge in [0.25, 0.3) is 0 Å². The van der Waals surface area contributed by atoms with Crippen molar-refractivity contribution in [3.63, 3.8) is 0 Å². The van der Waals surface area contributed by atoms with E-state index in [0.717, 1.165) is 0 Å². The largest absolute Gasteiger partial charge is 0.508 e. The number of phenolic OH excluding ortho intramolecular Hbond substituents is 1. The first kappa shape index (κ1) is 21.5. The minimum Gasteiger partial charge on any atom is -0.508 e. The molecular weight excluding hydrogens is 423 g/mol. The minimum absolute atomic E-state index is 0.128. The van der Waals surface area contributed by atoms with Gasteiger partial charge in [-0.25, -0.2) is 4.57 Å². The van der Waals surface area contributed by atoms with Crippen LogP contribution in [0.3, 0.4) is 0 Å². The molecule has 4 rings (SSSR count). The molecule has 0 aliphatic heterocycles.